The van der Waals surface area contributed by atoms with E-state index in [2.05, 4.69) is 19.0 Å². The first-order valence-electron chi connectivity index (χ1n) is 7.37. The second-order valence-electron chi connectivity index (χ2n) is 5.84. The predicted octanol–water partition coefficient (Wildman–Crippen LogP) is 1.36. The standard InChI is InChI=1S/C13H19NO2.C4H4O4/c1-14(2)8-13(9-15-10-13)11-16-12-6-4-3-5-7-12;5-3(6)1-2-4(7)8/h3-7H,8-11H2,1-2H3;1-2H,(H,5,6)(H,7,8)/b;2-1-. The highest BCUT2D eigenvalue weighted by Gasteiger charge is 2.40. The second-order valence-corrected chi connectivity index (χ2v) is 5.84. The van der Waals surface area contributed by atoms with Crippen LogP contribution < -0.4 is 4.74 Å². The Kier molecular flexibility index (Phi) is 7.94. The molecule has 0 unspecified atom stereocenters. The minimum atomic E-state index is -1.26. The van der Waals surface area contributed by atoms with Gasteiger partial charge in [-0.25, -0.2) is 9.59 Å². The number of ether oxygens (including phenoxy) is 2. The van der Waals surface area contributed by atoms with Crippen LogP contribution in [0.4, 0.5) is 0 Å². The van der Waals surface area contributed by atoms with Crippen LogP contribution in [0.25, 0.3) is 0 Å². The molecule has 0 amide bonds. The van der Waals surface area contributed by atoms with Crippen LogP contribution in [-0.2, 0) is 14.3 Å². The van der Waals surface area contributed by atoms with E-state index in [9.17, 15) is 9.59 Å². The van der Waals surface area contributed by atoms with Crippen molar-refractivity contribution >= 4 is 11.9 Å². The van der Waals surface area contributed by atoms with Gasteiger partial charge in [-0.15, -0.1) is 0 Å². The molecule has 0 aliphatic carbocycles. The number of hydrogen-bond acceptors (Lipinski definition) is 5. The Hall–Kier alpha value is -2.38. The van der Waals surface area contributed by atoms with Crippen molar-refractivity contribution in [2.75, 3.05) is 40.5 Å². The third-order valence-corrected chi connectivity index (χ3v) is 3.12. The van der Waals surface area contributed by atoms with E-state index in [1.165, 1.54) is 0 Å². The molecule has 7 nitrogen and oxygen atoms in total. The van der Waals surface area contributed by atoms with Crippen LogP contribution in [0.15, 0.2) is 42.5 Å². The maximum atomic E-state index is 9.55. The van der Waals surface area contributed by atoms with E-state index in [-0.39, 0.29) is 5.41 Å². The predicted molar refractivity (Wildman–Crippen MR) is 88.2 cm³/mol. The van der Waals surface area contributed by atoms with Gasteiger partial charge in [0, 0.05) is 18.7 Å². The molecule has 1 saturated heterocycles. The van der Waals surface area contributed by atoms with Gasteiger partial charge in [-0.1, -0.05) is 18.2 Å². The Balaban J connectivity index is 0.000000307. The number of benzene rings is 1. The van der Waals surface area contributed by atoms with Gasteiger partial charge in [0.25, 0.3) is 0 Å². The van der Waals surface area contributed by atoms with Gasteiger partial charge in [0.05, 0.1) is 25.2 Å². The number of carboxylic acid groups (broad SMARTS) is 2. The summed E-state index contributed by atoms with van der Waals surface area (Å²) in [6.45, 7) is 3.35. The maximum Gasteiger partial charge on any atom is 0.328 e. The molecule has 1 aromatic carbocycles. The number of para-hydroxylation sites is 1. The zero-order valence-electron chi connectivity index (χ0n) is 13.8. The summed E-state index contributed by atoms with van der Waals surface area (Å²) >= 11 is 0. The van der Waals surface area contributed by atoms with Crippen molar-refractivity contribution in [1.29, 1.82) is 0 Å². The molecule has 0 aromatic heterocycles. The average molecular weight is 337 g/mol. The normalized spacial score (nSPS) is 15.3. The fraction of sp³-hybridized carbons (Fsp3) is 0.412. The summed E-state index contributed by atoms with van der Waals surface area (Å²) in [6.07, 6.45) is 1.12. The van der Waals surface area contributed by atoms with E-state index in [1.807, 2.05) is 30.3 Å². The molecule has 1 aromatic rings. The molecule has 2 rings (SSSR count). The van der Waals surface area contributed by atoms with Crippen LogP contribution in [0.3, 0.4) is 0 Å². The quantitative estimate of drug-likeness (QED) is 0.725. The lowest BCUT2D eigenvalue weighted by atomic mass is 9.86. The number of carboxylic acids is 2. The molecule has 1 aliphatic heterocycles. The smallest absolute Gasteiger partial charge is 0.328 e. The van der Waals surface area contributed by atoms with E-state index < -0.39 is 11.9 Å². The third kappa shape index (κ3) is 7.75. The fourth-order valence-electron chi connectivity index (χ4n) is 2.18. The summed E-state index contributed by atoms with van der Waals surface area (Å²) in [5, 5.41) is 15.6. The summed E-state index contributed by atoms with van der Waals surface area (Å²) in [5.41, 5.74) is 0.180. The Bertz CT molecular complexity index is 535. The number of hydrogen-bond donors (Lipinski definition) is 2. The number of rotatable bonds is 7. The van der Waals surface area contributed by atoms with Crippen molar-refractivity contribution < 1.29 is 29.3 Å². The topological polar surface area (TPSA) is 96.3 Å². The maximum absolute atomic E-state index is 9.55. The molecule has 1 heterocycles. The summed E-state index contributed by atoms with van der Waals surface area (Å²) < 4.78 is 11.1. The van der Waals surface area contributed by atoms with Gasteiger partial charge in [0.1, 0.15) is 5.75 Å². The molecule has 7 heteroatoms. The molecule has 1 aliphatic rings. The van der Waals surface area contributed by atoms with Gasteiger partial charge in [0.15, 0.2) is 0 Å². The van der Waals surface area contributed by atoms with Crippen LogP contribution in [0.2, 0.25) is 0 Å². The highest BCUT2D eigenvalue weighted by molar-refractivity contribution is 5.89. The lowest BCUT2D eigenvalue weighted by molar-refractivity contribution is -0.140. The molecule has 0 bridgehead atoms. The van der Waals surface area contributed by atoms with Gasteiger partial charge < -0.3 is 24.6 Å². The first kappa shape index (κ1) is 19.7. The van der Waals surface area contributed by atoms with Crippen molar-refractivity contribution in [3.05, 3.63) is 42.5 Å². The third-order valence-electron chi connectivity index (χ3n) is 3.12. The molecule has 24 heavy (non-hydrogen) atoms. The molecule has 0 atom stereocenters. The summed E-state index contributed by atoms with van der Waals surface area (Å²) in [4.78, 5) is 21.3. The average Bonchev–Trinajstić information content (AvgIpc) is 2.49. The van der Waals surface area contributed by atoms with E-state index in [4.69, 9.17) is 19.7 Å². The minimum absolute atomic E-state index is 0.180. The van der Waals surface area contributed by atoms with Crippen LogP contribution in [0, 0.1) is 5.41 Å². The zero-order valence-corrected chi connectivity index (χ0v) is 13.8. The van der Waals surface area contributed by atoms with E-state index in [1.54, 1.807) is 0 Å². The van der Waals surface area contributed by atoms with E-state index in [0.717, 1.165) is 32.1 Å². The van der Waals surface area contributed by atoms with Crippen LogP contribution in [0.5, 0.6) is 5.75 Å². The van der Waals surface area contributed by atoms with Gasteiger partial charge >= 0.3 is 11.9 Å². The number of nitrogens with zero attached hydrogens (tertiary/aromatic N) is 1. The first-order chi connectivity index (χ1) is 11.3. The van der Waals surface area contributed by atoms with Gasteiger partial charge in [-0.05, 0) is 26.2 Å². The monoisotopic (exact) mass is 337 g/mol. The van der Waals surface area contributed by atoms with Crippen molar-refractivity contribution in [3.8, 4) is 5.75 Å². The van der Waals surface area contributed by atoms with Crippen molar-refractivity contribution in [2.24, 2.45) is 5.41 Å². The SMILES string of the molecule is CN(C)CC1(COc2ccccc2)COC1.O=C(O)/C=C\C(=O)O. The van der Waals surface area contributed by atoms with E-state index in [0.29, 0.717) is 12.2 Å². The molecule has 132 valence electrons. The Morgan fingerprint density at radius 1 is 1.17 bits per heavy atom. The van der Waals surface area contributed by atoms with Crippen molar-refractivity contribution in [2.45, 2.75) is 0 Å². The molecule has 0 spiro atoms. The molecule has 0 radical (unpaired) electrons. The van der Waals surface area contributed by atoms with Crippen molar-refractivity contribution in [3.63, 3.8) is 0 Å². The van der Waals surface area contributed by atoms with Gasteiger partial charge in [-0.2, -0.15) is 0 Å². The van der Waals surface area contributed by atoms with E-state index >= 15 is 0 Å². The van der Waals surface area contributed by atoms with Crippen LogP contribution in [0.1, 0.15) is 0 Å². The van der Waals surface area contributed by atoms with Gasteiger partial charge in [-0.3, -0.25) is 0 Å². The second kappa shape index (κ2) is 9.69. The Morgan fingerprint density at radius 3 is 2.08 bits per heavy atom. The minimum Gasteiger partial charge on any atom is -0.493 e. The lowest BCUT2D eigenvalue weighted by Gasteiger charge is -2.42. The zero-order chi connectivity index (χ0) is 18.0. The molecular weight excluding hydrogens is 314 g/mol. The lowest BCUT2D eigenvalue weighted by Crippen LogP contribution is -2.53. The highest BCUT2D eigenvalue weighted by Crippen LogP contribution is 2.29. The summed E-state index contributed by atoms with van der Waals surface area (Å²) in [7, 11) is 4.17. The molecule has 2 N–H and O–H groups in total. The highest BCUT2D eigenvalue weighted by atomic mass is 16.5. The largest absolute Gasteiger partial charge is 0.493 e. The van der Waals surface area contributed by atoms with Crippen molar-refractivity contribution in [1.82, 2.24) is 4.90 Å². The molecule has 0 saturated carbocycles. The number of carbonyl (C=O) groups is 2. The van der Waals surface area contributed by atoms with Gasteiger partial charge in [0.2, 0.25) is 0 Å². The first-order valence-corrected chi connectivity index (χ1v) is 7.37. The molecular formula is C17H23NO6. The Morgan fingerprint density at radius 2 is 1.71 bits per heavy atom. The number of aliphatic carboxylic acids is 2. The summed E-state index contributed by atoms with van der Waals surface area (Å²) in [6, 6.07) is 9.96. The fourth-order valence-corrected chi connectivity index (χ4v) is 2.18. The molecule has 1 fully saturated rings. The Labute approximate surface area is 141 Å². The van der Waals surface area contributed by atoms with Crippen LogP contribution >= 0.6 is 0 Å². The summed E-state index contributed by atoms with van der Waals surface area (Å²) in [5.74, 6) is -1.58. The van der Waals surface area contributed by atoms with Crippen LogP contribution in [-0.4, -0.2) is 67.5 Å².